The number of fused-ring (bicyclic) bond motifs is 1. The molecule has 0 atom stereocenters. The summed E-state index contributed by atoms with van der Waals surface area (Å²) in [6.07, 6.45) is 3.22. The molecule has 0 unspecified atom stereocenters. The first-order valence-corrected chi connectivity index (χ1v) is 8.54. The third kappa shape index (κ3) is 3.64. The lowest BCUT2D eigenvalue weighted by atomic mass is 10.1. The van der Waals surface area contributed by atoms with Gasteiger partial charge in [0.15, 0.2) is 0 Å². The summed E-state index contributed by atoms with van der Waals surface area (Å²) in [4.78, 5) is 12.8. The number of nitrogens with one attached hydrogen (secondary N) is 1. The molecule has 0 saturated carbocycles. The molecule has 0 spiro atoms. The molecule has 2 aromatic carbocycles. The van der Waals surface area contributed by atoms with Gasteiger partial charge in [-0.1, -0.05) is 18.2 Å². The third-order valence-corrected chi connectivity index (χ3v) is 4.19. The number of aromatic nitrogens is 3. The molecular formula is C21H18N4O2. The van der Waals surface area contributed by atoms with Gasteiger partial charge in [0.2, 0.25) is 0 Å². The number of hydrogen-bond acceptors (Lipinski definition) is 6. The summed E-state index contributed by atoms with van der Waals surface area (Å²) in [5.74, 6) is 1.33. The minimum atomic E-state index is 0.0827. The highest BCUT2D eigenvalue weighted by molar-refractivity contribution is 5.91. The van der Waals surface area contributed by atoms with Gasteiger partial charge in [-0.3, -0.25) is 4.98 Å². The van der Waals surface area contributed by atoms with Crippen molar-refractivity contribution in [2.75, 3.05) is 5.32 Å². The molecule has 2 heterocycles. The number of phenols is 1. The maximum atomic E-state index is 10.4. The molecule has 134 valence electrons. The maximum Gasteiger partial charge on any atom is 0.142 e. The highest BCUT2D eigenvalue weighted by Crippen LogP contribution is 2.34. The van der Waals surface area contributed by atoms with Crippen molar-refractivity contribution >= 4 is 22.4 Å². The zero-order valence-corrected chi connectivity index (χ0v) is 14.8. The normalized spacial score (nSPS) is 10.7. The molecule has 6 nitrogen and oxygen atoms in total. The summed E-state index contributed by atoms with van der Waals surface area (Å²) in [6.45, 7) is 2.26. The molecular weight excluding hydrogens is 340 g/mol. The summed E-state index contributed by atoms with van der Waals surface area (Å²) in [7, 11) is 0. The molecule has 4 rings (SSSR count). The van der Waals surface area contributed by atoms with Gasteiger partial charge in [-0.15, -0.1) is 0 Å². The fraction of sp³-hybridized carbons (Fsp3) is 0.0952. The second-order valence-electron chi connectivity index (χ2n) is 6.11. The van der Waals surface area contributed by atoms with Crippen LogP contribution in [0.25, 0.3) is 10.9 Å². The summed E-state index contributed by atoms with van der Waals surface area (Å²) >= 11 is 0. The number of hydrogen-bond donors (Lipinski definition) is 2. The average Bonchev–Trinajstić information content (AvgIpc) is 2.70. The van der Waals surface area contributed by atoms with Crippen LogP contribution < -0.4 is 10.1 Å². The number of rotatable bonds is 5. The Kier molecular flexibility index (Phi) is 4.53. The minimum absolute atomic E-state index is 0.0827. The monoisotopic (exact) mass is 358 g/mol. The van der Waals surface area contributed by atoms with Crippen LogP contribution in [0, 0.1) is 6.92 Å². The summed E-state index contributed by atoms with van der Waals surface area (Å²) in [6, 6.07) is 16.8. The van der Waals surface area contributed by atoms with Crippen LogP contribution in [-0.4, -0.2) is 20.1 Å². The van der Waals surface area contributed by atoms with E-state index in [0.29, 0.717) is 23.9 Å². The second-order valence-corrected chi connectivity index (χ2v) is 6.11. The number of phenolic OH excluding ortho intramolecular Hbond substituents is 1. The van der Waals surface area contributed by atoms with E-state index in [-0.39, 0.29) is 5.75 Å². The van der Waals surface area contributed by atoms with E-state index in [1.807, 2.05) is 55.5 Å². The lowest BCUT2D eigenvalue weighted by molar-refractivity contribution is 0.297. The lowest BCUT2D eigenvalue weighted by Crippen LogP contribution is -2.01. The standard InChI is InChI=1S/C21H18N4O2/c1-14-10-18(25-21-16-7-2-3-8-17(16)23-13-24-21)19(26)11-20(14)27-12-15-6-4-5-9-22-15/h2-11,13,26H,12H2,1H3,(H,23,24,25). The van der Waals surface area contributed by atoms with E-state index in [4.69, 9.17) is 4.74 Å². The van der Waals surface area contributed by atoms with E-state index in [0.717, 1.165) is 22.2 Å². The van der Waals surface area contributed by atoms with E-state index in [1.165, 1.54) is 6.33 Å². The largest absolute Gasteiger partial charge is 0.506 e. The summed E-state index contributed by atoms with van der Waals surface area (Å²) in [5.41, 5.74) is 3.11. The van der Waals surface area contributed by atoms with Gasteiger partial charge in [0.05, 0.1) is 16.9 Å². The fourth-order valence-corrected chi connectivity index (χ4v) is 2.80. The van der Waals surface area contributed by atoms with Crippen molar-refractivity contribution < 1.29 is 9.84 Å². The van der Waals surface area contributed by atoms with Gasteiger partial charge in [0.1, 0.15) is 30.3 Å². The molecule has 0 aliphatic rings. The smallest absolute Gasteiger partial charge is 0.142 e. The molecule has 2 N–H and O–H groups in total. The molecule has 0 radical (unpaired) electrons. The minimum Gasteiger partial charge on any atom is -0.506 e. The Hall–Kier alpha value is -3.67. The number of benzene rings is 2. The van der Waals surface area contributed by atoms with Crippen LogP contribution >= 0.6 is 0 Å². The van der Waals surface area contributed by atoms with Gasteiger partial charge < -0.3 is 15.2 Å². The molecule has 0 saturated heterocycles. The first-order valence-electron chi connectivity index (χ1n) is 8.54. The Morgan fingerprint density at radius 3 is 2.70 bits per heavy atom. The van der Waals surface area contributed by atoms with E-state index in [1.54, 1.807) is 12.3 Å². The van der Waals surface area contributed by atoms with Crippen LogP contribution in [0.4, 0.5) is 11.5 Å². The molecule has 6 heteroatoms. The second kappa shape index (κ2) is 7.29. The number of aromatic hydroxyl groups is 1. The number of anilines is 2. The van der Waals surface area contributed by atoms with E-state index >= 15 is 0 Å². The zero-order valence-electron chi connectivity index (χ0n) is 14.8. The molecule has 2 aromatic heterocycles. The number of nitrogens with zero attached hydrogens (tertiary/aromatic N) is 3. The molecule has 0 aliphatic carbocycles. The Morgan fingerprint density at radius 2 is 1.85 bits per heavy atom. The molecule has 0 fully saturated rings. The van der Waals surface area contributed by atoms with Gasteiger partial charge in [0, 0.05) is 17.6 Å². The Balaban J connectivity index is 1.58. The van der Waals surface area contributed by atoms with Gasteiger partial charge in [-0.2, -0.15) is 0 Å². The van der Waals surface area contributed by atoms with Gasteiger partial charge in [-0.05, 0) is 42.8 Å². The van der Waals surface area contributed by atoms with Gasteiger partial charge >= 0.3 is 0 Å². The van der Waals surface area contributed by atoms with Gasteiger partial charge in [0.25, 0.3) is 0 Å². The first kappa shape index (κ1) is 16.8. The predicted molar refractivity (Wildman–Crippen MR) is 104 cm³/mol. The van der Waals surface area contributed by atoms with Crippen LogP contribution in [-0.2, 0) is 6.61 Å². The number of pyridine rings is 1. The highest BCUT2D eigenvalue weighted by atomic mass is 16.5. The van der Waals surface area contributed by atoms with Crippen molar-refractivity contribution in [3.05, 3.63) is 78.4 Å². The average molecular weight is 358 g/mol. The molecule has 0 aliphatic heterocycles. The Labute approximate surface area is 156 Å². The maximum absolute atomic E-state index is 10.4. The zero-order chi connectivity index (χ0) is 18.6. The summed E-state index contributed by atoms with van der Waals surface area (Å²) < 4.78 is 5.80. The highest BCUT2D eigenvalue weighted by Gasteiger charge is 2.11. The van der Waals surface area contributed by atoms with Crippen molar-refractivity contribution in [3.63, 3.8) is 0 Å². The van der Waals surface area contributed by atoms with Crippen molar-refractivity contribution in [2.45, 2.75) is 13.5 Å². The number of ether oxygens (including phenoxy) is 1. The fourth-order valence-electron chi connectivity index (χ4n) is 2.80. The van der Waals surface area contributed by atoms with Crippen molar-refractivity contribution in [3.8, 4) is 11.5 Å². The van der Waals surface area contributed by atoms with Crippen LogP contribution in [0.3, 0.4) is 0 Å². The van der Waals surface area contributed by atoms with E-state index in [2.05, 4.69) is 20.3 Å². The van der Waals surface area contributed by atoms with E-state index in [9.17, 15) is 5.11 Å². The van der Waals surface area contributed by atoms with Crippen molar-refractivity contribution in [1.29, 1.82) is 0 Å². The van der Waals surface area contributed by atoms with Gasteiger partial charge in [-0.25, -0.2) is 9.97 Å². The Morgan fingerprint density at radius 1 is 1.00 bits per heavy atom. The van der Waals surface area contributed by atoms with Crippen LogP contribution in [0.5, 0.6) is 11.5 Å². The molecule has 4 aromatic rings. The Bertz CT molecular complexity index is 1080. The third-order valence-electron chi connectivity index (χ3n) is 4.19. The van der Waals surface area contributed by atoms with Crippen LogP contribution in [0.2, 0.25) is 0 Å². The predicted octanol–water partition coefficient (Wildman–Crippen LogP) is 4.36. The topological polar surface area (TPSA) is 80.2 Å². The molecule has 0 bridgehead atoms. The SMILES string of the molecule is Cc1cc(Nc2ncnc3ccccc23)c(O)cc1OCc1ccccn1. The summed E-state index contributed by atoms with van der Waals surface area (Å²) in [5, 5.41) is 14.5. The van der Waals surface area contributed by atoms with Crippen molar-refractivity contribution in [1.82, 2.24) is 15.0 Å². The first-order chi connectivity index (χ1) is 13.2. The molecule has 0 amide bonds. The van der Waals surface area contributed by atoms with Crippen LogP contribution in [0.15, 0.2) is 67.1 Å². The number of aryl methyl sites for hydroxylation is 1. The quantitative estimate of drug-likeness (QED) is 0.516. The molecule has 27 heavy (non-hydrogen) atoms. The van der Waals surface area contributed by atoms with Crippen LogP contribution in [0.1, 0.15) is 11.3 Å². The lowest BCUT2D eigenvalue weighted by Gasteiger charge is -2.14. The van der Waals surface area contributed by atoms with Crippen molar-refractivity contribution in [2.24, 2.45) is 0 Å². The number of para-hydroxylation sites is 1. The van der Waals surface area contributed by atoms with E-state index < -0.39 is 0 Å².